The van der Waals surface area contributed by atoms with Crippen LogP contribution in [0.25, 0.3) is 12.2 Å². The second-order valence-electron chi connectivity index (χ2n) is 4.39. The molecule has 0 amide bonds. The number of benzene rings is 2. The molecule has 0 saturated heterocycles. The SMILES string of the molecule is CC(=O)c1ccc(/C=C/c2ccc(CCl)cc2)cc1. The van der Waals surface area contributed by atoms with Gasteiger partial charge in [0.05, 0.1) is 0 Å². The van der Waals surface area contributed by atoms with Crippen molar-refractivity contribution in [3.8, 4) is 0 Å². The summed E-state index contributed by atoms with van der Waals surface area (Å²) >= 11 is 5.75. The summed E-state index contributed by atoms with van der Waals surface area (Å²) in [5, 5.41) is 0. The molecule has 2 aromatic carbocycles. The summed E-state index contributed by atoms with van der Waals surface area (Å²) in [5.41, 5.74) is 4.06. The summed E-state index contributed by atoms with van der Waals surface area (Å²) in [4.78, 5) is 11.2. The lowest BCUT2D eigenvalue weighted by atomic mass is 10.1. The first-order valence-corrected chi connectivity index (χ1v) is 6.66. The lowest BCUT2D eigenvalue weighted by Crippen LogP contribution is -1.90. The molecule has 0 fully saturated rings. The quantitative estimate of drug-likeness (QED) is 0.443. The van der Waals surface area contributed by atoms with Gasteiger partial charge in [0.2, 0.25) is 0 Å². The Labute approximate surface area is 118 Å². The van der Waals surface area contributed by atoms with Gasteiger partial charge in [0, 0.05) is 11.4 Å². The Morgan fingerprint density at radius 1 is 0.947 bits per heavy atom. The highest BCUT2D eigenvalue weighted by molar-refractivity contribution is 6.17. The van der Waals surface area contributed by atoms with E-state index in [0.717, 1.165) is 22.3 Å². The first kappa shape index (κ1) is 13.6. The third kappa shape index (κ3) is 3.80. The van der Waals surface area contributed by atoms with Crippen LogP contribution in [0.15, 0.2) is 48.5 Å². The van der Waals surface area contributed by atoms with Crippen LogP contribution in [0, 0.1) is 0 Å². The zero-order valence-electron chi connectivity index (χ0n) is 10.8. The van der Waals surface area contributed by atoms with Crippen molar-refractivity contribution in [3.63, 3.8) is 0 Å². The van der Waals surface area contributed by atoms with Gasteiger partial charge in [0.15, 0.2) is 5.78 Å². The molecular formula is C17H15ClO. The molecule has 0 aliphatic rings. The van der Waals surface area contributed by atoms with Crippen molar-refractivity contribution in [2.45, 2.75) is 12.8 Å². The van der Waals surface area contributed by atoms with Crippen molar-refractivity contribution in [3.05, 3.63) is 70.8 Å². The molecule has 2 aromatic rings. The number of rotatable bonds is 4. The monoisotopic (exact) mass is 270 g/mol. The van der Waals surface area contributed by atoms with E-state index in [-0.39, 0.29) is 5.78 Å². The van der Waals surface area contributed by atoms with Gasteiger partial charge in [-0.2, -0.15) is 0 Å². The van der Waals surface area contributed by atoms with E-state index < -0.39 is 0 Å². The molecule has 0 bridgehead atoms. The molecule has 0 aliphatic carbocycles. The molecule has 0 aromatic heterocycles. The van der Waals surface area contributed by atoms with Gasteiger partial charge in [0.25, 0.3) is 0 Å². The molecular weight excluding hydrogens is 256 g/mol. The number of ketones is 1. The molecule has 0 atom stereocenters. The van der Waals surface area contributed by atoms with Crippen molar-refractivity contribution >= 4 is 29.5 Å². The topological polar surface area (TPSA) is 17.1 Å². The van der Waals surface area contributed by atoms with Crippen LogP contribution in [0.3, 0.4) is 0 Å². The summed E-state index contributed by atoms with van der Waals surface area (Å²) < 4.78 is 0. The Bertz CT molecular complexity index is 580. The van der Waals surface area contributed by atoms with Gasteiger partial charge in [-0.1, -0.05) is 60.7 Å². The summed E-state index contributed by atoms with van der Waals surface area (Å²) in [6.07, 6.45) is 4.07. The van der Waals surface area contributed by atoms with Crippen LogP contribution in [-0.2, 0) is 5.88 Å². The maximum Gasteiger partial charge on any atom is 0.159 e. The zero-order valence-corrected chi connectivity index (χ0v) is 11.5. The van der Waals surface area contributed by atoms with Crippen molar-refractivity contribution in [2.75, 3.05) is 0 Å². The summed E-state index contributed by atoms with van der Waals surface area (Å²) in [7, 11) is 0. The molecule has 2 heteroatoms. The second kappa shape index (κ2) is 6.35. The minimum atomic E-state index is 0.0900. The molecule has 0 radical (unpaired) electrons. The van der Waals surface area contributed by atoms with Crippen LogP contribution in [0.4, 0.5) is 0 Å². The highest BCUT2D eigenvalue weighted by atomic mass is 35.5. The summed E-state index contributed by atoms with van der Waals surface area (Å²) in [6, 6.07) is 15.7. The number of carbonyl (C=O) groups is 1. The number of hydrogen-bond acceptors (Lipinski definition) is 1. The molecule has 0 unspecified atom stereocenters. The maximum absolute atomic E-state index is 11.2. The number of hydrogen-bond donors (Lipinski definition) is 0. The van der Waals surface area contributed by atoms with E-state index in [1.54, 1.807) is 6.92 Å². The molecule has 0 saturated carbocycles. The second-order valence-corrected chi connectivity index (χ2v) is 4.65. The predicted molar refractivity (Wildman–Crippen MR) is 81.4 cm³/mol. The van der Waals surface area contributed by atoms with Crippen LogP contribution < -0.4 is 0 Å². The number of alkyl halides is 1. The van der Waals surface area contributed by atoms with Gasteiger partial charge >= 0.3 is 0 Å². The largest absolute Gasteiger partial charge is 0.295 e. The minimum absolute atomic E-state index is 0.0900. The highest BCUT2D eigenvalue weighted by Crippen LogP contribution is 2.12. The first-order chi connectivity index (χ1) is 9.19. The fourth-order valence-electron chi connectivity index (χ4n) is 1.74. The molecule has 1 nitrogen and oxygen atoms in total. The van der Waals surface area contributed by atoms with Crippen LogP contribution in [-0.4, -0.2) is 5.78 Å². The highest BCUT2D eigenvalue weighted by Gasteiger charge is 1.97. The third-order valence-electron chi connectivity index (χ3n) is 2.92. The first-order valence-electron chi connectivity index (χ1n) is 6.13. The lowest BCUT2D eigenvalue weighted by molar-refractivity contribution is 0.101. The Kier molecular flexibility index (Phi) is 4.53. The van der Waals surface area contributed by atoms with E-state index in [9.17, 15) is 4.79 Å². The fraction of sp³-hybridized carbons (Fsp3) is 0.118. The molecule has 2 rings (SSSR count). The molecule has 0 spiro atoms. The van der Waals surface area contributed by atoms with Gasteiger partial charge in [-0.25, -0.2) is 0 Å². The number of halogens is 1. The van der Waals surface area contributed by atoms with Crippen molar-refractivity contribution < 1.29 is 4.79 Å². The summed E-state index contributed by atoms with van der Waals surface area (Å²) in [6.45, 7) is 1.57. The molecule has 0 heterocycles. The lowest BCUT2D eigenvalue weighted by Gasteiger charge is -1.98. The predicted octanol–water partition coefficient (Wildman–Crippen LogP) is 4.80. The molecule has 0 aliphatic heterocycles. The number of carbonyl (C=O) groups excluding carboxylic acids is 1. The Balaban J connectivity index is 2.10. The van der Waals surface area contributed by atoms with Crippen LogP contribution in [0.1, 0.15) is 34.0 Å². The minimum Gasteiger partial charge on any atom is -0.295 e. The standard InChI is InChI=1S/C17H15ClO/c1-13(19)17-10-8-15(9-11-17)3-2-14-4-6-16(12-18)7-5-14/h2-11H,12H2,1H3/b3-2+. The Morgan fingerprint density at radius 3 is 1.84 bits per heavy atom. The van der Waals surface area contributed by atoms with E-state index in [0.29, 0.717) is 5.88 Å². The van der Waals surface area contributed by atoms with Crippen LogP contribution in [0.2, 0.25) is 0 Å². The normalized spacial score (nSPS) is 10.8. The smallest absolute Gasteiger partial charge is 0.159 e. The van der Waals surface area contributed by atoms with E-state index in [2.05, 4.69) is 0 Å². The van der Waals surface area contributed by atoms with E-state index >= 15 is 0 Å². The van der Waals surface area contributed by atoms with Gasteiger partial charge in [0.1, 0.15) is 0 Å². The Morgan fingerprint density at radius 2 is 1.42 bits per heavy atom. The van der Waals surface area contributed by atoms with Gasteiger partial charge in [-0.15, -0.1) is 11.6 Å². The third-order valence-corrected chi connectivity index (χ3v) is 3.23. The van der Waals surface area contributed by atoms with E-state index in [1.165, 1.54) is 0 Å². The van der Waals surface area contributed by atoms with E-state index in [1.807, 2.05) is 60.7 Å². The van der Waals surface area contributed by atoms with Gasteiger partial charge in [-0.05, 0) is 23.6 Å². The van der Waals surface area contributed by atoms with Gasteiger partial charge in [-0.3, -0.25) is 4.79 Å². The van der Waals surface area contributed by atoms with Crippen molar-refractivity contribution in [1.82, 2.24) is 0 Å². The molecule has 96 valence electrons. The molecule has 0 N–H and O–H groups in total. The average molecular weight is 271 g/mol. The number of Topliss-reactive ketones (excluding diaryl/α,β-unsaturated/α-hetero) is 1. The van der Waals surface area contributed by atoms with E-state index in [4.69, 9.17) is 11.6 Å². The Hall–Kier alpha value is -1.86. The van der Waals surface area contributed by atoms with Crippen molar-refractivity contribution in [2.24, 2.45) is 0 Å². The fourth-order valence-corrected chi connectivity index (χ4v) is 1.92. The summed E-state index contributed by atoms with van der Waals surface area (Å²) in [5.74, 6) is 0.628. The average Bonchev–Trinajstić information content (AvgIpc) is 2.46. The van der Waals surface area contributed by atoms with Crippen LogP contribution in [0.5, 0.6) is 0 Å². The maximum atomic E-state index is 11.2. The zero-order chi connectivity index (χ0) is 13.7. The van der Waals surface area contributed by atoms with Crippen molar-refractivity contribution in [1.29, 1.82) is 0 Å². The van der Waals surface area contributed by atoms with Crippen LogP contribution >= 0.6 is 11.6 Å². The molecule has 19 heavy (non-hydrogen) atoms. The van der Waals surface area contributed by atoms with Gasteiger partial charge < -0.3 is 0 Å².